The summed E-state index contributed by atoms with van der Waals surface area (Å²) in [7, 11) is 0. The van der Waals surface area contributed by atoms with E-state index in [1.165, 1.54) is 16.7 Å². The van der Waals surface area contributed by atoms with Gasteiger partial charge >= 0.3 is 0 Å². The van der Waals surface area contributed by atoms with Gasteiger partial charge in [-0.25, -0.2) is 0 Å². The molecule has 4 heteroatoms. The van der Waals surface area contributed by atoms with Crippen molar-refractivity contribution in [1.82, 2.24) is 0 Å². The number of anilines is 1. The minimum atomic E-state index is 0.130. The van der Waals surface area contributed by atoms with Crippen LogP contribution < -0.4 is 5.32 Å². The van der Waals surface area contributed by atoms with E-state index in [1.54, 1.807) is 12.1 Å². The average molecular weight is 329 g/mol. The lowest BCUT2D eigenvalue weighted by Gasteiger charge is -2.19. The van der Waals surface area contributed by atoms with Crippen LogP contribution in [-0.4, -0.2) is 0 Å². The number of halogens is 3. The van der Waals surface area contributed by atoms with Crippen LogP contribution >= 0.6 is 34.8 Å². The molecule has 1 nitrogen and oxygen atoms in total. The van der Waals surface area contributed by atoms with Crippen molar-refractivity contribution in [3.63, 3.8) is 0 Å². The smallest absolute Gasteiger partial charge is 0.0653 e. The molecule has 0 aromatic heterocycles. The molecule has 0 aliphatic carbocycles. The standard InChI is InChI=1S/C16H16Cl3N/c1-9-4-5-12(10(2)6-9)11(3)20-16-8-14(18)13(17)7-15(16)19/h4-8,11,20H,1-3H3. The van der Waals surface area contributed by atoms with Gasteiger partial charge in [-0.1, -0.05) is 58.6 Å². The van der Waals surface area contributed by atoms with Crippen LogP contribution in [0.3, 0.4) is 0 Å². The Balaban J connectivity index is 2.27. The maximum atomic E-state index is 6.19. The molecule has 0 fully saturated rings. The Morgan fingerprint density at radius 3 is 2.20 bits per heavy atom. The summed E-state index contributed by atoms with van der Waals surface area (Å²) in [5, 5.41) is 4.90. The largest absolute Gasteiger partial charge is 0.377 e. The molecule has 0 saturated carbocycles. The maximum absolute atomic E-state index is 6.19. The molecule has 0 amide bonds. The van der Waals surface area contributed by atoms with Gasteiger partial charge in [-0.05, 0) is 44.0 Å². The predicted molar refractivity (Wildman–Crippen MR) is 89.4 cm³/mol. The van der Waals surface area contributed by atoms with Crippen molar-refractivity contribution in [1.29, 1.82) is 0 Å². The molecular formula is C16H16Cl3N. The van der Waals surface area contributed by atoms with E-state index in [2.05, 4.69) is 44.3 Å². The van der Waals surface area contributed by atoms with Gasteiger partial charge in [0, 0.05) is 6.04 Å². The van der Waals surface area contributed by atoms with Gasteiger partial charge in [-0.15, -0.1) is 0 Å². The molecule has 20 heavy (non-hydrogen) atoms. The molecule has 0 spiro atoms. The normalized spacial score (nSPS) is 12.3. The van der Waals surface area contributed by atoms with Gasteiger partial charge in [0.2, 0.25) is 0 Å². The third kappa shape index (κ3) is 3.41. The Labute approximate surface area is 134 Å². The third-order valence-corrected chi connectivity index (χ3v) is 4.31. The second-order valence-corrected chi connectivity index (χ2v) is 6.19. The van der Waals surface area contributed by atoms with Crippen LogP contribution in [0, 0.1) is 13.8 Å². The lowest BCUT2D eigenvalue weighted by Crippen LogP contribution is -2.08. The van der Waals surface area contributed by atoms with Crippen LogP contribution in [0.4, 0.5) is 5.69 Å². The summed E-state index contributed by atoms with van der Waals surface area (Å²) < 4.78 is 0. The van der Waals surface area contributed by atoms with Gasteiger partial charge in [0.05, 0.1) is 20.8 Å². The molecule has 106 valence electrons. The first-order chi connectivity index (χ1) is 9.38. The zero-order chi connectivity index (χ0) is 14.9. The first-order valence-electron chi connectivity index (χ1n) is 6.36. The number of rotatable bonds is 3. The fourth-order valence-corrected chi connectivity index (χ4v) is 2.86. The van der Waals surface area contributed by atoms with Crippen LogP contribution in [0.15, 0.2) is 30.3 Å². The van der Waals surface area contributed by atoms with Crippen molar-refractivity contribution in [2.75, 3.05) is 5.32 Å². The van der Waals surface area contributed by atoms with E-state index in [0.29, 0.717) is 15.1 Å². The molecule has 2 aromatic rings. The van der Waals surface area contributed by atoms with E-state index >= 15 is 0 Å². The van der Waals surface area contributed by atoms with E-state index in [4.69, 9.17) is 34.8 Å². The summed E-state index contributed by atoms with van der Waals surface area (Å²) in [5.74, 6) is 0. The fraction of sp³-hybridized carbons (Fsp3) is 0.250. The maximum Gasteiger partial charge on any atom is 0.0653 e. The monoisotopic (exact) mass is 327 g/mol. The summed E-state index contributed by atoms with van der Waals surface area (Å²) >= 11 is 18.2. The van der Waals surface area contributed by atoms with Crippen molar-refractivity contribution in [3.8, 4) is 0 Å². The quantitative estimate of drug-likeness (QED) is 0.639. The summed E-state index contributed by atoms with van der Waals surface area (Å²) in [4.78, 5) is 0. The topological polar surface area (TPSA) is 12.0 Å². The lowest BCUT2D eigenvalue weighted by atomic mass is 10.00. The minimum absolute atomic E-state index is 0.130. The molecule has 0 radical (unpaired) electrons. The van der Waals surface area contributed by atoms with E-state index in [9.17, 15) is 0 Å². The molecule has 0 aliphatic rings. The van der Waals surface area contributed by atoms with Gasteiger partial charge < -0.3 is 5.32 Å². The van der Waals surface area contributed by atoms with Crippen molar-refractivity contribution >= 4 is 40.5 Å². The van der Waals surface area contributed by atoms with Crippen LogP contribution in [0.5, 0.6) is 0 Å². The van der Waals surface area contributed by atoms with Crippen molar-refractivity contribution in [2.45, 2.75) is 26.8 Å². The van der Waals surface area contributed by atoms with E-state index < -0.39 is 0 Å². The number of hydrogen-bond donors (Lipinski definition) is 1. The Hall–Kier alpha value is -0.890. The molecule has 2 aromatic carbocycles. The Morgan fingerprint density at radius 1 is 0.900 bits per heavy atom. The van der Waals surface area contributed by atoms with Gasteiger partial charge in [-0.3, -0.25) is 0 Å². The highest BCUT2D eigenvalue weighted by molar-refractivity contribution is 6.44. The highest BCUT2D eigenvalue weighted by atomic mass is 35.5. The SMILES string of the molecule is Cc1ccc(C(C)Nc2cc(Cl)c(Cl)cc2Cl)c(C)c1. The molecular weight excluding hydrogens is 313 g/mol. The Morgan fingerprint density at radius 2 is 1.55 bits per heavy atom. The number of hydrogen-bond acceptors (Lipinski definition) is 1. The van der Waals surface area contributed by atoms with Gasteiger partial charge in [-0.2, -0.15) is 0 Å². The molecule has 1 atom stereocenters. The molecule has 1 unspecified atom stereocenters. The Kier molecular flexibility index (Phi) is 4.85. The number of aryl methyl sites for hydroxylation is 2. The molecule has 0 aliphatic heterocycles. The zero-order valence-corrected chi connectivity index (χ0v) is 13.9. The number of benzene rings is 2. The number of nitrogens with one attached hydrogen (secondary N) is 1. The van der Waals surface area contributed by atoms with Crippen LogP contribution in [0.1, 0.15) is 29.7 Å². The van der Waals surface area contributed by atoms with Crippen LogP contribution in [0.25, 0.3) is 0 Å². The van der Waals surface area contributed by atoms with E-state index in [0.717, 1.165) is 5.69 Å². The molecule has 0 heterocycles. The van der Waals surface area contributed by atoms with E-state index in [1.807, 2.05) is 0 Å². The predicted octanol–water partition coefficient (Wildman–Crippen LogP) is 6.44. The molecule has 1 N–H and O–H groups in total. The average Bonchev–Trinajstić information content (AvgIpc) is 2.35. The second-order valence-electron chi connectivity index (χ2n) is 4.97. The summed E-state index contributed by atoms with van der Waals surface area (Å²) in [6, 6.07) is 9.95. The fourth-order valence-electron chi connectivity index (χ4n) is 2.26. The molecule has 0 saturated heterocycles. The first kappa shape index (κ1) is 15.5. The second kappa shape index (κ2) is 6.26. The zero-order valence-electron chi connectivity index (χ0n) is 11.6. The van der Waals surface area contributed by atoms with Crippen molar-refractivity contribution in [2.24, 2.45) is 0 Å². The molecule has 0 bridgehead atoms. The highest BCUT2D eigenvalue weighted by Crippen LogP contribution is 2.34. The van der Waals surface area contributed by atoms with Crippen LogP contribution in [0.2, 0.25) is 15.1 Å². The lowest BCUT2D eigenvalue weighted by molar-refractivity contribution is 0.873. The highest BCUT2D eigenvalue weighted by Gasteiger charge is 2.12. The van der Waals surface area contributed by atoms with Gasteiger partial charge in [0.1, 0.15) is 0 Å². The summed E-state index contributed by atoms with van der Waals surface area (Å²) in [6.45, 7) is 6.29. The van der Waals surface area contributed by atoms with Crippen molar-refractivity contribution < 1.29 is 0 Å². The first-order valence-corrected chi connectivity index (χ1v) is 7.50. The van der Waals surface area contributed by atoms with E-state index in [-0.39, 0.29) is 6.04 Å². The molecule has 2 rings (SSSR count). The minimum Gasteiger partial charge on any atom is -0.377 e. The van der Waals surface area contributed by atoms with Gasteiger partial charge in [0.15, 0.2) is 0 Å². The third-order valence-electron chi connectivity index (χ3n) is 3.27. The van der Waals surface area contributed by atoms with Crippen LogP contribution in [-0.2, 0) is 0 Å². The summed E-state index contributed by atoms with van der Waals surface area (Å²) in [6.07, 6.45) is 0. The summed E-state index contributed by atoms with van der Waals surface area (Å²) in [5.41, 5.74) is 4.53. The Bertz CT molecular complexity index is 638. The van der Waals surface area contributed by atoms with Gasteiger partial charge in [0.25, 0.3) is 0 Å². The van der Waals surface area contributed by atoms with Crippen molar-refractivity contribution in [3.05, 3.63) is 62.1 Å².